The van der Waals surface area contributed by atoms with Crippen LogP contribution in [0, 0.1) is 24.7 Å². The number of carboxylic acids is 1. The number of halogens is 2. The molecule has 1 aliphatic heterocycles. The Hall–Kier alpha value is -4.02. The van der Waals surface area contributed by atoms with Crippen LogP contribution >= 0.6 is 0 Å². The molecule has 0 bridgehead atoms. The lowest BCUT2D eigenvalue weighted by atomic mass is 10.0. The molecule has 9 nitrogen and oxygen atoms in total. The molecule has 3 unspecified atom stereocenters. The fourth-order valence-electron chi connectivity index (χ4n) is 5.76. The number of anilines is 2. The first-order valence-electron chi connectivity index (χ1n) is 13.0. The largest absolute Gasteiger partial charge is 0.478 e. The SMILES string of the molecule is Cc1cc(C(C)Nc2ccccc2C(=O)O)c2nc(N3CC4C(C3)C4C(=O)NCCC(F)F)n(C)c(=O)c2c1. The highest BCUT2D eigenvalue weighted by atomic mass is 19.3. The molecule has 3 N–H and O–H groups in total. The van der Waals surface area contributed by atoms with E-state index in [1.807, 2.05) is 24.8 Å². The molecule has 39 heavy (non-hydrogen) atoms. The number of para-hydroxylation sites is 1. The van der Waals surface area contributed by atoms with Gasteiger partial charge in [0.25, 0.3) is 5.56 Å². The Morgan fingerprint density at radius 2 is 1.87 bits per heavy atom. The number of carbonyl (C=O) groups excluding carboxylic acids is 1. The maximum Gasteiger partial charge on any atom is 0.337 e. The number of nitrogens with one attached hydrogen (secondary N) is 2. The van der Waals surface area contributed by atoms with Gasteiger partial charge in [-0.25, -0.2) is 18.6 Å². The lowest BCUT2D eigenvalue weighted by Crippen LogP contribution is -2.35. The zero-order chi connectivity index (χ0) is 28.0. The molecule has 3 atom stereocenters. The van der Waals surface area contributed by atoms with Crippen LogP contribution in [0.1, 0.15) is 40.9 Å². The van der Waals surface area contributed by atoms with E-state index in [4.69, 9.17) is 4.98 Å². The molecule has 1 aromatic heterocycles. The fraction of sp³-hybridized carbons (Fsp3) is 0.429. The van der Waals surface area contributed by atoms with Crippen molar-refractivity contribution in [2.24, 2.45) is 24.8 Å². The van der Waals surface area contributed by atoms with E-state index in [1.165, 1.54) is 10.6 Å². The summed E-state index contributed by atoms with van der Waals surface area (Å²) in [7, 11) is 1.68. The van der Waals surface area contributed by atoms with E-state index in [-0.39, 0.29) is 53.8 Å². The minimum atomic E-state index is -2.45. The number of alkyl halides is 2. The van der Waals surface area contributed by atoms with E-state index in [0.717, 1.165) is 11.1 Å². The Bertz CT molecular complexity index is 1500. The molecule has 1 amide bonds. The number of aryl methyl sites for hydroxylation is 1. The normalized spacial score (nSPS) is 20.7. The summed E-state index contributed by atoms with van der Waals surface area (Å²) >= 11 is 0. The molecule has 2 heterocycles. The Labute approximate surface area is 223 Å². The van der Waals surface area contributed by atoms with Crippen molar-refractivity contribution in [2.75, 3.05) is 29.9 Å². The molecule has 2 aromatic carbocycles. The number of fused-ring (bicyclic) bond motifs is 2. The zero-order valence-electron chi connectivity index (χ0n) is 21.9. The number of nitrogens with zero attached hydrogens (tertiary/aromatic N) is 3. The van der Waals surface area contributed by atoms with Gasteiger partial charge >= 0.3 is 5.97 Å². The molecule has 5 rings (SSSR count). The smallest absolute Gasteiger partial charge is 0.337 e. The molecule has 0 radical (unpaired) electrons. The van der Waals surface area contributed by atoms with E-state index < -0.39 is 12.4 Å². The topological polar surface area (TPSA) is 117 Å². The first kappa shape index (κ1) is 26.6. The molecule has 2 aliphatic rings. The van der Waals surface area contributed by atoms with Crippen molar-refractivity contribution < 1.29 is 23.5 Å². The number of hydrogen-bond donors (Lipinski definition) is 3. The van der Waals surface area contributed by atoms with Crippen molar-refractivity contribution in [1.29, 1.82) is 0 Å². The van der Waals surface area contributed by atoms with Crippen molar-refractivity contribution in [3.63, 3.8) is 0 Å². The molecule has 2 fully saturated rings. The van der Waals surface area contributed by atoms with Crippen molar-refractivity contribution >= 4 is 34.4 Å². The van der Waals surface area contributed by atoms with Crippen molar-refractivity contribution in [2.45, 2.75) is 32.7 Å². The number of aromatic carboxylic acids is 1. The van der Waals surface area contributed by atoms with E-state index in [0.29, 0.717) is 35.6 Å². The van der Waals surface area contributed by atoms with Gasteiger partial charge in [-0.1, -0.05) is 18.2 Å². The Balaban J connectivity index is 1.41. The second-order valence-electron chi connectivity index (χ2n) is 10.5. The van der Waals surface area contributed by atoms with Crippen LogP contribution in [0.3, 0.4) is 0 Å². The highest BCUT2D eigenvalue weighted by molar-refractivity contribution is 5.94. The van der Waals surface area contributed by atoms with E-state index in [1.54, 1.807) is 31.3 Å². The number of rotatable bonds is 9. The predicted molar refractivity (Wildman–Crippen MR) is 143 cm³/mol. The summed E-state index contributed by atoms with van der Waals surface area (Å²) < 4.78 is 26.3. The van der Waals surface area contributed by atoms with Gasteiger partial charge in [-0.3, -0.25) is 14.2 Å². The number of carbonyl (C=O) groups is 2. The van der Waals surface area contributed by atoms with Crippen LogP contribution in [-0.4, -0.2) is 52.6 Å². The highest BCUT2D eigenvalue weighted by Crippen LogP contribution is 2.52. The molecule has 3 aromatic rings. The quantitative estimate of drug-likeness (QED) is 0.381. The molecule has 1 saturated heterocycles. The van der Waals surface area contributed by atoms with Crippen molar-refractivity contribution in [1.82, 2.24) is 14.9 Å². The Kier molecular flexibility index (Phi) is 7.00. The molecule has 11 heteroatoms. The van der Waals surface area contributed by atoms with E-state index in [2.05, 4.69) is 10.6 Å². The summed E-state index contributed by atoms with van der Waals surface area (Å²) in [4.78, 5) is 44.5. The summed E-state index contributed by atoms with van der Waals surface area (Å²) in [6.45, 7) is 4.85. The van der Waals surface area contributed by atoms with Gasteiger partial charge in [-0.05, 0) is 49.4 Å². The highest BCUT2D eigenvalue weighted by Gasteiger charge is 2.59. The Morgan fingerprint density at radius 1 is 1.18 bits per heavy atom. The first-order chi connectivity index (χ1) is 18.6. The average molecular weight is 540 g/mol. The third kappa shape index (κ3) is 5.05. The van der Waals surface area contributed by atoms with Gasteiger partial charge in [-0.15, -0.1) is 0 Å². The van der Waals surface area contributed by atoms with Gasteiger partial charge in [0.1, 0.15) is 0 Å². The van der Waals surface area contributed by atoms with Crippen LogP contribution in [0.15, 0.2) is 41.2 Å². The summed E-state index contributed by atoms with van der Waals surface area (Å²) in [6, 6.07) is 10.0. The summed E-state index contributed by atoms with van der Waals surface area (Å²) in [6.07, 6.45) is -2.81. The third-order valence-electron chi connectivity index (χ3n) is 7.77. The van der Waals surface area contributed by atoms with Crippen molar-refractivity contribution in [3.05, 3.63) is 63.4 Å². The maximum atomic E-state index is 13.4. The zero-order valence-corrected chi connectivity index (χ0v) is 21.9. The number of aromatic nitrogens is 2. The molecular weight excluding hydrogens is 508 g/mol. The van der Waals surface area contributed by atoms with Crippen molar-refractivity contribution in [3.8, 4) is 0 Å². The fourth-order valence-corrected chi connectivity index (χ4v) is 5.76. The summed E-state index contributed by atoms with van der Waals surface area (Å²) in [5, 5.41) is 15.9. The van der Waals surface area contributed by atoms with Crippen LogP contribution in [0.2, 0.25) is 0 Å². The molecule has 1 saturated carbocycles. The predicted octanol–water partition coefficient (Wildman–Crippen LogP) is 3.57. The number of benzene rings is 2. The van der Waals surface area contributed by atoms with Gasteiger partial charge in [0, 0.05) is 50.3 Å². The molecule has 0 spiro atoms. The molecular formula is C28H31F2N5O4. The summed E-state index contributed by atoms with van der Waals surface area (Å²) in [5.41, 5.74) is 2.61. The van der Waals surface area contributed by atoms with Gasteiger partial charge in [0.05, 0.1) is 22.5 Å². The number of hydrogen-bond acceptors (Lipinski definition) is 6. The van der Waals surface area contributed by atoms with Crippen LogP contribution in [0.5, 0.6) is 0 Å². The monoisotopic (exact) mass is 539 g/mol. The number of piperidine rings is 1. The number of amides is 1. The first-order valence-corrected chi connectivity index (χ1v) is 13.0. The van der Waals surface area contributed by atoms with Gasteiger partial charge < -0.3 is 20.6 Å². The third-order valence-corrected chi connectivity index (χ3v) is 7.77. The second kappa shape index (κ2) is 10.3. The molecule has 206 valence electrons. The van der Waals surface area contributed by atoms with Crippen LogP contribution < -0.4 is 21.1 Å². The second-order valence-corrected chi connectivity index (χ2v) is 10.5. The van der Waals surface area contributed by atoms with Gasteiger partial charge in [0.15, 0.2) is 0 Å². The van der Waals surface area contributed by atoms with Crippen LogP contribution in [-0.2, 0) is 11.8 Å². The standard InChI is InChI=1S/C28H31F2N5O4/c1-14-10-17(15(2)32-21-7-5-4-6-16(21)27(38)39)24-18(11-14)26(37)34(3)28(33-24)35-12-19-20(13-35)23(19)25(36)31-9-8-22(29)30/h4-7,10-11,15,19-20,22-23,32H,8-9,12-13H2,1-3H3,(H,31,36)(H,38,39). The minimum Gasteiger partial charge on any atom is -0.478 e. The molecule has 1 aliphatic carbocycles. The average Bonchev–Trinajstić information content (AvgIpc) is 3.39. The van der Waals surface area contributed by atoms with E-state index >= 15 is 0 Å². The lowest BCUT2D eigenvalue weighted by molar-refractivity contribution is -0.123. The van der Waals surface area contributed by atoms with Crippen LogP contribution in [0.4, 0.5) is 20.4 Å². The van der Waals surface area contributed by atoms with Gasteiger partial charge in [-0.2, -0.15) is 0 Å². The minimum absolute atomic E-state index is 0.0394. The number of carboxylic acid groups (broad SMARTS) is 1. The Morgan fingerprint density at radius 3 is 2.54 bits per heavy atom. The van der Waals surface area contributed by atoms with E-state index in [9.17, 15) is 28.3 Å². The summed E-state index contributed by atoms with van der Waals surface area (Å²) in [5.74, 6) is -0.746. The lowest BCUT2D eigenvalue weighted by Gasteiger charge is -2.25. The maximum absolute atomic E-state index is 13.4. The van der Waals surface area contributed by atoms with Crippen LogP contribution in [0.25, 0.3) is 10.9 Å². The van der Waals surface area contributed by atoms with Gasteiger partial charge in [0.2, 0.25) is 18.3 Å².